The van der Waals surface area contributed by atoms with Crippen LogP contribution in [-0.4, -0.2) is 43.6 Å². The van der Waals surface area contributed by atoms with Crippen LogP contribution in [0.15, 0.2) is 18.6 Å². The van der Waals surface area contributed by atoms with Crippen molar-refractivity contribution in [3.63, 3.8) is 0 Å². The van der Waals surface area contributed by atoms with Crippen LogP contribution < -0.4 is 16.4 Å². The first-order valence-electron chi connectivity index (χ1n) is 9.48. The molecule has 0 radical (unpaired) electrons. The molecule has 1 aliphatic heterocycles. The van der Waals surface area contributed by atoms with Crippen molar-refractivity contribution in [1.82, 2.24) is 25.2 Å². The van der Waals surface area contributed by atoms with Gasteiger partial charge in [0.05, 0.1) is 11.3 Å². The number of carboxylic acid groups (broad SMARTS) is 1. The first kappa shape index (κ1) is 18.3. The van der Waals surface area contributed by atoms with Crippen LogP contribution in [0.2, 0.25) is 0 Å². The lowest BCUT2D eigenvalue weighted by molar-refractivity contribution is -0.145. The van der Waals surface area contributed by atoms with Crippen LogP contribution in [0.5, 0.6) is 0 Å². The SMILES string of the molecule is CC(C)n1cc(C2=CCC(C(=O)O)C(C(=O)NC3CC3)N2)c2c(N)ncnc21. The summed E-state index contributed by atoms with van der Waals surface area (Å²) in [6.07, 6.45) is 7.29. The van der Waals surface area contributed by atoms with Crippen molar-refractivity contribution in [1.29, 1.82) is 0 Å². The number of carboxylic acids is 1. The van der Waals surface area contributed by atoms with Crippen molar-refractivity contribution >= 4 is 34.4 Å². The Labute approximate surface area is 162 Å². The Kier molecular flexibility index (Phi) is 4.44. The van der Waals surface area contributed by atoms with Crippen LogP contribution in [0.4, 0.5) is 5.82 Å². The van der Waals surface area contributed by atoms with E-state index in [4.69, 9.17) is 5.73 Å². The minimum absolute atomic E-state index is 0.149. The Morgan fingerprint density at radius 3 is 2.75 bits per heavy atom. The summed E-state index contributed by atoms with van der Waals surface area (Å²) >= 11 is 0. The number of hydrogen-bond acceptors (Lipinski definition) is 6. The molecule has 0 saturated heterocycles. The fraction of sp³-hybridized carbons (Fsp3) is 0.474. The average Bonchev–Trinajstić information content (AvgIpc) is 3.37. The minimum atomic E-state index is -0.994. The molecule has 148 valence electrons. The van der Waals surface area contributed by atoms with Gasteiger partial charge in [0.25, 0.3) is 0 Å². The smallest absolute Gasteiger partial charge is 0.309 e. The Morgan fingerprint density at radius 2 is 2.11 bits per heavy atom. The number of allylic oxidation sites excluding steroid dienone is 1. The van der Waals surface area contributed by atoms with E-state index in [0.717, 1.165) is 18.4 Å². The van der Waals surface area contributed by atoms with Gasteiger partial charge in [0.1, 0.15) is 23.8 Å². The first-order chi connectivity index (χ1) is 13.4. The number of nitrogens with two attached hydrogens (primary N) is 1. The molecule has 9 heteroatoms. The molecule has 2 aromatic heterocycles. The molecular weight excluding hydrogens is 360 g/mol. The quantitative estimate of drug-likeness (QED) is 0.610. The van der Waals surface area contributed by atoms with E-state index in [0.29, 0.717) is 22.5 Å². The van der Waals surface area contributed by atoms with Crippen LogP contribution in [0.25, 0.3) is 16.7 Å². The molecule has 2 atom stereocenters. The lowest BCUT2D eigenvalue weighted by atomic mass is 9.90. The second-order valence-electron chi connectivity index (χ2n) is 7.70. The first-order valence-corrected chi connectivity index (χ1v) is 9.48. The number of hydrogen-bond donors (Lipinski definition) is 4. The number of carbonyl (C=O) groups excluding carboxylic acids is 1. The third-order valence-electron chi connectivity index (χ3n) is 5.30. The second kappa shape index (κ2) is 6.81. The Bertz CT molecular complexity index is 975. The predicted molar refractivity (Wildman–Crippen MR) is 104 cm³/mol. The summed E-state index contributed by atoms with van der Waals surface area (Å²) in [6.45, 7) is 4.08. The number of aromatic nitrogens is 3. The van der Waals surface area contributed by atoms with Gasteiger partial charge in [-0.25, -0.2) is 9.97 Å². The molecule has 3 heterocycles. The number of nitrogens with one attached hydrogen (secondary N) is 2. The van der Waals surface area contributed by atoms with Gasteiger partial charge in [0.2, 0.25) is 5.91 Å². The van der Waals surface area contributed by atoms with Crippen molar-refractivity contribution < 1.29 is 14.7 Å². The van der Waals surface area contributed by atoms with Gasteiger partial charge < -0.3 is 26.0 Å². The number of nitrogens with zero attached hydrogens (tertiary/aromatic N) is 3. The summed E-state index contributed by atoms with van der Waals surface area (Å²) < 4.78 is 1.99. The number of aliphatic carboxylic acids is 1. The number of amides is 1. The summed E-state index contributed by atoms with van der Waals surface area (Å²) in [4.78, 5) is 32.8. The van der Waals surface area contributed by atoms with E-state index in [9.17, 15) is 14.7 Å². The molecule has 28 heavy (non-hydrogen) atoms. The van der Waals surface area contributed by atoms with Crippen molar-refractivity contribution in [3.8, 4) is 0 Å². The Hall–Kier alpha value is -3.10. The Morgan fingerprint density at radius 1 is 1.36 bits per heavy atom. The van der Waals surface area contributed by atoms with E-state index < -0.39 is 17.9 Å². The van der Waals surface area contributed by atoms with Crippen molar-refractivity contribution in [2.75, 3.05) is 5.73 Å². The highest BCUT2D eigenvalue weighted by Crippen LogP contribution is 2.33. The van der Waals surface area contributed by atoms with Crippen LogP contribution >= 0.6 is 0 Å². The zero-order chi connectivity index (χ0) is 20.0. The number of carbonyl (C=O) groups is 2. The fourth-order valence-corrected chi connectivity index (χ4v) is 3.61. The van der Waals surface area contributed by atoms with E-state index >= 15 is 0 Å². The molecule has 1 saturated carbocycles. The highest BCUT2D eigenvalue weighted by atomic mass is 16.4. The average molecular weight is 384 g/mol. The maximum Gasteiger partial charge on any atom is 0.309 e. The van der Waals surface area contributed by atoms with E-state index in [-0.39, 0.29) is 24.4 Å². The largest absolute Gasteiger partial charge is 0.481 e. The number of fused-ring (bicyclic) bond motifs is 1. The molecule has 1 fully saturated rings. The monoisotopic (exact) mass is 384 g/mol. The Balaban J connectivity index is 1.74. The molecule has 1 aliphatic carbocycles. The third kappa shape index (κ3) is 3.17. The lowest BCUT2D eigenvalue weighted by Crippen LogP contribution is -2.52. The summed E-state index contributed by atoms with van der Waals surface area (Å²) in [5, 5.41) is 16.3. The molecule has 4 rings (SSSR count). The highest BCUT2D eigenvalue weighted by molar-refractivity contribution is 5.99. The number of anilines is 1. The van der Waals surface area contributed by atoms with Crippen molar-refractivity contribution in [3.05, 3.63) is 24.2 Å². The third-order valence-corrected chi connectivity index (χ3v) is 5.30. The van der Waals surface area contributed by atoms with Crippen LogP contribution in [-0.2, 0) is 9.59 Å². The van der Waals surface area contributed by atoms with Gasteiger partial charge in [0, 0.05) is 29.5 Å². The summed E-state index contributed by atoms with van der Waals surface area (Å²) in [5.74, 6) is -1.75. The molecule has 0 aromatic carbocycles. The molecule has 2 aliphatic rings. The highest BCUT2D eigenvalue weighted by Gasteiger charge is 2.39. The van der Waals surface area contributed by atoms with E-state index in [1.807, 2.05) is 30.7 Å². The molecule has 0 spiro atoms. The number of rotatable bonds is 5. The van der Waals surface area contributed by atoms with E-state index in [2.05, 4.69) is 20.6 Å². The molecule has 2 unspecified atom stereocenters. The van der Waals surface area contributed by atoms with E-state index in [1.54, 1.807) is 0 Å². The minimum Gasteiger partial charge on any atom is -0.481 e. The standard InChI is InChI=1S/C19H24N6O3/c1-9(2)25-7-12(14-16(20)21-8-22-17(14)25)13-6-5-11(19(27)28)15(24-13)18(26)23-10-3-4-10/h6-11,15,24H,3-5H2,1-2H3,(H,23,26)(H,27,28)(H2,20,21,22). The van der Waals surface area contributed by atoms with E-state index in [1.165, 1.54) is 6.33 Å². The van der Waals surface area contributed by atoms with Gasteiger partial charge in [-0.3, -0.25) is 9.59 Å². The lowest BCUT2D eigenvalue weighted by Gasteiger charge is -2.30. The fourth-order valence-electron chi connectivity index (χ4n) is 3.61. The number of nitrogen functional groups attached to an aromatic ring is 1. The van der Waals surface area contributed by atoms with Crippen LogP contribution in [0, 0.1) is 5.92 Å². The summed E-state index contributed by atoms with van der Waals surface area (Å²) in [5.41, 5.74) is 8.29. The van der Waals surface area contributed by atoms with Crippen LogP contribution in [0.1, 0.15) is 44.7 Å². The topological polar surface area (TPSA) is 135 Å². The van der Waals surface area contributed by atoms with Gasteiger partial charge in [-0.1, -0.05) is 6.08 Å². The van der Waals surface area contributed by atoms with Gasteiger partial charge in [-0.15, -0.1) is 0 Å². The van der Waals surface area contributed by atoms with Crippen LogP contribution in [0.3, 0.4) is 0 Å². The van der Waals surface area contributed by atoms with Crippen molar-refractivity contribution in [2.45, 2.75) is 51.2 Å². The summed E-state index contributed by atoms with van der Waals surface area (Å²) in [6, 6.07) is -0.540. The zero-order valence-corrected chi connectivity index (χ0v) is 15.8. The molecule has 1 amide bonds. The predicted octanol–water partition coefficient (Wildman–Crippen LogP) is 1.28. The van der Waals surface area contributed by atoms with Gasteiger partial charge in [-0.05, 0) is 33.1 Å². The molecule has 2 aromatic rings. The molecule has 9 nitrogen and oxygen atoms in total. The summed E-state index contributed by atoms with van der Waals surface area (Å²) in [7, 11) is 0. The van der Waals surface area contributed by atoms with Crippen molar-refractivity contribution in [2.24, 2.45) is 5.92 Å². The zero-order valence-electron chi connectivity index (χ0n) is 15.8. The molecular formula is C19H24N6O3. The maximum atomic E-state index is 12.7. The molecule has 5 N–H and O–H groups in total. The van der Waals surface area contributed by atoms with Gasteiger partial charge in [0.15, 0.2) is 0 Å². The maximum absolute atomic E-state index is 12.7. The molecule has 0 bridgehead atoms. The van der Waals surface area contributed by atoms with Gasteiger partial charge >= 0.3 is 5.97 Å². The second-order valence-corrected chi connectivity index (χ2v) is 7.70. The normalized spacial score (nSPS) is 22.0. The van der Waals surface area contributed by atoms with Gasteiger partial charge in [-0.2, -0.15) is 0 Å².